The van der Waals surface area contributed by atoms with Crippen LogP contribution in [0.1, 0.15) is 24.0 Å². The van der Waals surface area contributed by atoms with Crippen molar-refractivity contribution in [2.75, 3.05) is 26.7 Å². The molecule has 0 spiro atoms. The van der Waals surface area contributed by atoms with E-state index in [-0.39, 0.29) is 0 Å². The summed E-state index contributed by atoms with van der Waals surface area (Å²) in [5, 5.41) is 3.28. The smallest absolute Gasteiger partial charge is 0.240 e. The Labute approximate surface area is 126 Å². The molecule has 2 N–H and O–H groups in total. The molecule has 2 aliphatic rings. The molecule has 0 bridgehead atoms. The molecular formula is C15H23N3O2S. The van der Waals surface area contributed by atoms with Gasteiger partial charge in [0.1, 0.15) is 0 Å². The Bertz CT molecular complexity index is 611. The summed E-state index contributed by atoms with van der Waals surface area (Å²) in [6.07, 6.45) is 3.25. The summed E-state index contributed by atoms with van der Waals surface area (Å²) in [4.78, 5) is 2.68. The molecule has 1 aromatic carbocycles. The van der Waals surface area contributed by atoms with Gasteiger partial charge in [-0.2, -0.15) is 0 Å². The van der Waals surface area contributed by atoms with E-state index in [4.69, 9.17) is 0 Å². The minimum Gasteiger partial charge on any atom is -0.312 e. The van der Waals surface area contributed by atoms with Crippen LogP contribution in [0.25, 0.3) is 0 Å². The van der Waals surface area contributed by atoms with Crippen molar-refractivity contribution in [3.8, 4) is 0 Å². The van der Waals surface area contributed by atoms with Crippen molar-refractivity contribution in [1.29, 1.82) is 0 Å². The Morgan fingerprint density at radius 1 is 1.38 bits per heavy atom. The van der Waals surface area contributed by atoms with Crippen molar-refractivity contribution >= 4 is 10.0 Å². The monoisotopic (exact) mass is 309 g/mol. The lowest BCUT2D eigenvalue weighted by molar-refractivity contribution is 0.329. The number of likely N-dealkylation sites (N-methyl/N-ethyl adjacent to an activating group) is 1. The van der Waals surface area contributed by atoms with E-state index in [9.17, 15) is 8.42 Å². The maximum absolute atomic E-state index is 12.5. The van der Waals surface area contributed by atoms with Gasteiger partial charge in [0, 0.05) is 25.7 Å². The normalized spacial score (nSPS) is 18.8. The van der Waals surface area contributed by atoms with Gasteiger partial charge in [0.05, 0.1) is 4.90 Å². The number of nitrogens with one attached hydrogen (secondary N) is 2. The lowest BCUT2D eigenvalue weighted by atomic mass is 10.0. The SMILES string of the molecule is CN(CCNS(=O)(=O)c1cccc2c1CCNC2)C1CC1. The van der Waals surface area contributed by atoms with E-state index in [1.807, 2.05) is 12.1 Å². The van der Waals surface area contributed by atoms with Crippen LogP contribution in [0, 0.1) is 0 Å². The molecule has 3 rings (SSSR count). The largest absolute Gasteiger partial charge is 0.312 e. The minimum atomic E-state index is -3.41. The van der Waals surface area contributed by atoms with Gasteiger partial charge in [0.15, 0.2) is 0 Å². The first-order chi connectivity index (χ1) is 10.1. The van der Waals surface area contributed by atoms with Gasteiger partial charge >= 0.3 is 0 Å². The fourth-order valence-electron chi connectivity index (χ4n) is 2.88. The summed E-state index contributed by atoms with van der Waals surface area (Å²) >= 11 is 0. The number of fused-ring (bicyclic) bond motifs is 1. The van der Waals surface area contributed by atoms with Gasteiger partial charge in [-0.1, -0.05) is 12.1 Å². The van der Waals surface area contributed by atoms with Crippen LogP contribution in [-0.4, -0.2) is 46.0 Å². The zero-order valence-electron chi connectivity index (χ0n) is 12.4. The Kier molecular flexibility index (Phi) is 4.31. The molecular weight excluding hydrogens is 286 g/mol. The molecule has 21 heavy (non-hydrogen) atoms. The van der Waals surface area contributed by atoms with Gasteiger partial charge in [0.25, 0.3) is 0 Å². The van der Waals surface area contributed by atoms with Gasteiger partial charge in [0.2, 0.25) is 10.0 Å². The van der Waals surface area contributed by atoms with Crippen LogP contribution < -0.4 is 10.0 Å². The average molecular weight is 309 g/mol. The highest BCUT2D eigenvalue weighted by Crippen LogP contribution is 2.25. The van der Waals surface area contributed by atoms with E-state index in [0.29, 0.717) is 17.5 Å². The van der Waals surface area contributed by atoms with Crippen LogP contribution in [0.15, 0.2) is 23.1 Å². The van der Waals surface area contributed by atoms with Gasteiger partial charge < -0.3 is 10.2 Å². The van der Waals surface area contributed by atoms with Crippen LogP contribution in [0.2, 0.25) is 0 Å². The van der Waals surface area contributed by atoms with E-state index in [1.54, 1.807) is 6.07 Å². The highest BCUT2D eigenvalue weighted by Gasteiger charge is 2.26. The predicted molar refractivity (Wildman–Crippen MR) is 82.7 cm³/mol. The summed E-state index contributed by atoms with van der Waals surface area (Å²) < 4.78 is 27.8. The zero-order chi connectivity index (χ0) is 14.9. The van der Waals surface area contributed by atoms with Crippen LogP contribution in [0.4, 0.5) is 0 Å². The molecule has 1 saturated carbocycles. The third kappa shape index (κ3) is 3.45. The topological polar surface area (TPSA) is 61.4 Å². The lowest BCUT2D eigenvalue weighted by Gasteiger charge is -2.21. The van der Waals surface area contributed by atoms with Crippen molar-refractivity contribution in [2.24, 2.45) is 0 Å². The molecule has 0 radical (unpaired) electrons. The van der Waals surface area contributed by atoms with Crippen LogP contribution in [0.3, 0.4) is 0 Å². The van der Waals surface area contributed by atoms with Gasteiger partial charge in [-0.05, 0) is 50.0 Å². The van der Waals surface area contributed by atoms with Crippen molar-refractivity contribution in [3.63, 3.8) is 0 Å². The molecule has 0 atom stereocenters. The third-order valence-corrected chi connectivity index (χ3v) is 5.86. The summed E-state index contributed by atoms with van der Waals surface area (Å²) in [7, 11) is -1.35. The van der Waals surface area contributed by atoms with Gasteiger partial charge in [-0.25, -0.2) is 13.1 Å². The van der Waals surface area contributed by atoms with E-state index < -0.39 is 10.0 Å². The number of sulfonamides is 1. The Balaban J connectivity index is 1.69. The summed E-state index contributed by atoms with van der Waals surface area (Å²) in [5.74, 6) is 0. The summed E-state index contributed by atoms with van der Waals surface area (Å²) in [6.45, 7) is 2.82. The van der Waals surface area contributed by atoms with Crippen molar-refractivity contribution < 1.29 is 8.42 Å². The van der Waals surface area contributed by atoms with Gasteiger partial charge in [-0.15, -0.1) is 0 Å². The summed E-state index contributed by atoms with van der Waals surface area (Å²) in [5.41, 5.74) is 2.07. The van der Waals surface area contributed by atoms with Crippen molar-refractivity contribution in [2.45, 2.75) is 36.7 Å². The van der Waals surface area contributed by atoms with Crippen molar-refractivity contribution in [3.05, 3.63) is 29.3 Å². The predicted octanol–water partition coefficient (Wildman–Crippen LogP) is 0.705. The first kappa shape index (κ1) is 15.0. The fourth-order valence-corrected chi connectivity index (χ4v) is 4.21. The number of hydrogen-bond acceptors (Lipinski definition) is 4. The lowest BCUT2D eigenvalue weighted by Crippen LogP contribution is -2.35. The van der Waals surface area contributed by atoms with Crippen LogP contribution >= 0.6 is 0 Å². The molecule has 0 aromatic heterocycles. The fraction of sp³-hybridized carbons (Fsp3) is 0.600. The van der Waals surface area contributed by atoms with E-state index in [1.165, 1.54) is 12.8 Å². The number of benzene rings is 1. The van der Waals surface area contributed by atoms with Crippen molar-refractivity contribution in [1.82, 2.24) is 14.9 Å². The molecule has 1 aliphatic heterocycles. The van der Waals surface area contributed by atoms with E-state index in [2.05, 4.69) is 22.0 Å². The molecule has 116 valence electrons. The molecule has 1 aliphatic carbocycles. The molecule has 0 unspecified atom stereocenters. The first-order valence-electron chi connectivity index (χ1n) is 7.59. The first-order valence-corrected chi connectivity index (χ1v) is 9.07. The standard InChI is InChI=1S/C15H23N3O2S/c1-18(13-5-6-13)10-9-17-21(19,20)15-4-2-3-12-11-16-8-7-14(12)15/h2-4,13,16-17H,5-11H2,1H3. The van der Waals surface area contributed by atoms with E-state index >= 15 is 0 Å². The van der Waals surface area contributed by atoms with Gasteiger partial charge in [-0.3, -0.25) is 0 Å². The second kappa shape index (κ2) is 6.04. The second-order valence-corrected chi connectivity index (χ2v) is 7.67. The summed E-state index contributed by atoms with van der Waals surface area (Å²) in [6, 6.07) is 6.21. The highest BCUT2D eigenvalue weighted by molar-refractivity contribution is 7.89. The maximum atomic E-state index is 12.5. The Morgan fingerprint density at radius 3 is 2.95 bits per heavy atom. The Hall–Kier alpha value is -0.950. The van der Waals surface area contributed by atoms with Crippen LogP contribution in [-0.2, 0) is 23.0 Å². The quantitative estimate of drug-likeness (QED) is 0.812. The molecule has 1 fully saturated rings. The average Bonchev–Trinajstić information content (AvgIpc) is 3.31. The molecule has 1 aromatic rings. The molecule has 0 saturated heterocycles. The Morgan fingerprint density at radius 2 is 2.19 bits per heavy atom. The molecule has 5 nitrogen and oxygen atoms in total. The number of hydrogen-bond donors (Lipinski definition) is 2. The zero-order valence-corrected chi connectivity index (χ0v) is 13.2. The maximum Gasteiger partial charge on any atom is 0.240 e. The third-order valence-electron chi connectivity index (χ3n) is 4.31. The number of nitrogens with zero attached hydrogens (tertiary/aromatic N) is 1. The molecule has 6 heteroatoms. The number of rotatable bonds is 6. The second-order valence-electron chi connectivity index (χ2n) is 5.93. The molecule has 0 amide bonds. The minimum absolute atomic E-state index is 0.454. The molecule has 1 heterocycles. The highest BCUT2D eigenvalue weighted by atomic mass is 32.2. The van der Waals surface area contributed by atoms with Crippen LogP contribution in [0.5, 0.6) is 0 Å². The van der Waals surface area contributed by atoms with E-state index in [0.717, 1.165) is 37.2 Å².